The molecule has 18 heavy (non-hydrogen) atoms. The molecule has 2 aliphatic rings. The Labute approximate surface area is 114 Å². The molecule has 0 aromatic rings. The number of hydrogen-bond acceptors (Lipinski definition) is 2. The van der Waals surface area contributed by atoms with Gasteiger partial charge in [-0.25, -0.2) is 0 Å². The van der Waals surface area contributed by atoms with E-state index in [2.05, 4.69) is 37.9 Å². The second-order valence-corrected chi connectivity index (χ2v) is 7.03. The van der Waals surface area contributed by atoms with Crippen molar-refractivity contribution in [2.24, 2.45) is 5.92 Å². The molecule has 2 unspecified atom stereocenters. The van der Waals surface area contributed by atoms with Crippen molar-refractivity contribution < 1.29 is 0 Å². The lowest BCUT2D eigenvalue weighted by Gasteiger charge is -2.53. The van der Waals surface area contributed by atoms with E-state index in [1.165, 1.54) is 58.2 Å². The van der Waals surface area contributed by atoms with Gasteiger partial charge in [0, 0.05) is 24.2 Å². The fourth-order valence-corrected chi connectivity index (χ4v) is 3.39. The summed E-state index contributed by atoms with van der Waals surface area (Å²) in [5, 5.41) is 3.84. The number of piperazine rings is 1. The Morgan fingerprint density at radius 1 is 1.17 bits per heavy atom. The second kappa shape index (κ2) is 5.50. The highest BCUT2D eigenvalue weighted by Crippen LogP contribution is 2.45. The van der Waals surface area contributed by atoms with E-state index in [0.29, 0.717) is 11.1 Å². The standard InChI is InChI=1S/C16H32N2/c1-5-7-8-11-18-13-15(3,6-2)17-12-16(18,4)14-9-10-14/h14,17H,5-13H2,1-4H3. The third-order valence-corrected chi connectivity index (χ3v) is 5.40. The van der Waals surface area contributed by atoms with Crippen molar-refractivity contribution in [2.45, 2.75) is 77.3 Å². The zero-order chi connectivity index (χ0) is 13.2. The van der Waals surface area contributed by atoms with Gasteiger partial charge < -0.3 is 5.32 Å². The minimum atomic E-state index is 0.334. The Hall–Kier alpha value is -0.0800. The molecule has 2 nitrogen and oxygen atoms in total. The van der Waals surface area contributed by atoms with Crippen molar-refractivity contribution >= 4 is 0 Å². The molecule has 0 amide bonds. The second-order valence-electron chi connectivity index (χ2n) is 7.03. The monoisotopic (exact) mass is 252 g/mol. The minimum absolute atomic E-state index is 0.334. The molecule has 106 valence electrons. The van der Waals surface area contributed by atoms with E-state index < -0.39 is 0 Å². The number of unbranched alkanes of at least 4 members (excludes halogenated alkanes) is 2. The third-order valence-electron chi connectivity index (χ3n) is 5.40. The number of nitrogens with zero attached hydrogens (tertiary/aromatic N) is 1. The predicted octanol–water partition coefficient (Wildman–Crippen LogP) is 3.42. The molecule has 2 fully saturated rings. The van der Waals surface area contributed by atoms with Crippen molar-refractivity contribution in [1.29, 1.82) is 0 Å². The number of nitrogens with one attached hydrogen (secondary N) is 1. The van der Waals surface area contributed by atoms with E-state index in [1.807, 2.05) is 0 Å². The normalized spacial score (nSPS) is 38.0. The lowest BCUT2D eigenvalue weighted by atomic mass is 9.84. The Balaban J connectivity index is 2.01. The molecule has 0 aromatic carbocycles. The van der Waals surface area contributed by atoms with Crippen LogP contribution in [0, 0.1) is 5.92 Å². The van der Waals surface area contributed by atoms with E-state index in [4.69, 9.17) is 0 Å². The van der Waals surface area contributed by atoms with Gasteiger partial charge >= 0.3 is 0 Å². The summed E-state index contributed by atoms with van der Waals surface area (Å²) in [7, 11) is 0. The number of rotatable bonds is 6. The van der Waals surface area contributed by atoms with Gasteiger partial charge in [-0.2, -0.15) is 0 Å². The quantitative estimate of drug-likeness (QED) is 0.729. The molecule has 2 atom stereocenters. The fourth-order valence-electron chi connectivity index (χ4n) is 3.39. The van der Waals surface area contributed by atoms with Gasteiger partial charge in [-0.15, -0.1) is 0 Å². The molecule has 0 spiro atoms. The van der Waals surface area contributed by atoms with E-state index >= 15 is 0 Å². The smallest absolute Gasteiger partial charge is 0.0334 e. The molecule has 1 aliphatic heterocycles. The van der Waals surface area contributed by atoms with E-state index in [-0.39, 0.29) is 0 Å². The molecule has 1 N–H and O–H groups in total. The van der Waals surface area contributed by atoms with Crippen molar-refractivity contribution in [3.63, 3.8) is 0 Å². The molecule has 1 aliphatic carbocycles. The van der Waals surface area contributed by atoms with Crippen LogP contribution in [0.4, 0.5) is 0 Å². The van der Waals surface area contributed by atoms with Crippen LogP contribution in [-0.2, 0) is 0 Å². The fraction of sp³-hybridized carbons (Fsp3) is 1.00. The SMILES string of the molecule is CCCCCN1CC(C)(CC)NCC1(C)C1CC1. The topological polar surface area (TPSA) is 15.3 Å². The average Bonchev–Trinajstić information content (AvgIpc) is 3.19. The first kappa shape index (κ1) is 14.3. The van der Waals surface area contributed by atoms with Crippen molar-refractivity contribution in [1.82, 2.24) is 10.2 Å². The maximum Gasteiger partial charge on any atom is 0.0334 e. The largest absolute Gasteiger partial charge is 0.308 e. The van der Waals surface area contributed by atoms with Gasteiger partial charge in [-0.1, -0.05) is 26.7 Å². The lowest BCUT2D eigenvalue weighted by molar-refractivity contribution is 0.00410. The van der Waals surface area contributed by atoms with Crippen molar-refractivity contribution in [3.8, 4) is 0 Å². The maximum absolute atomic E-state index is 3.84. The maximum atomic E-state index is 3.84. The van der Waals surface area contributed by atoms with Crippen LogP contribution in [0.5, 0.6) is 0 Å². The zero-order valence-electron chi connectivity index (χ0n) is 12.9. The average molecular weight is 252 g/mol. The summed E-state index contributed by atoms with van der Waals surface area (Å²) in [5.74, 6) is 0.952. The molecule has 1 saturated heterocycles. The van der Waals surface area contributed by atoms with Crippen LogP contribution in [0.2, 0.25) is 0 Å². The van der Waals surface area contributed by atoms with Gasteiger partial charge in [-0.05, 0) is 52.0 Å². The summed E-state index contributed by atoms with van der Waals surface area (Å²) in [6.45, 7) is 13.2. The van der Waals surface area contributed by atoms with E-state index in [0.717, 1.165) is 5.92 Å². The van der Waals surface area contributed by atoms with Crippen LogP contribution in [0.1, 0.15) is 66.2 Å². The summed E-state index contributed by atoms with van der Waals surface area (Å²) in [6.07, 6.45) is 8.22. The molecule has 0 radical (unpaired) electrons. The summed E-state index contributed by atoms with van der Waals surface area (Å²) >= 11 is 0. The first-order valence-electron chi connectivity index (χ1n) is 8.04. The molecule has 0 bridgehead atoms. The Morgan fingerprint density at radius 2 is 1.89 bits per heavy atom. The summed E-state index contributed by atoms with van der Waals surface area (Å²) in [6, 6.07) is 0. The minimum Gasteiger partial charge on any atom is -0.308 e. The Bertz CT molecular complexity index is 274. The highest BCUT2D eigenvalue weighted by atomic mass is 15.3. The van der Waals surface area contributed by atoms with Crippen LogP contribution in [0.3, 0.4) is 0 Å². The van der Waals surface area contributed by atoms with Crippen molar-refractivity contribution in [2.75, 3.05) is 19.6 Å². The van der Waals surface area contributed by atoms with Crippen LogP contribution >= 0.6 is 0 Å². The van der Waals surface area contributed by atoms with Crippen LogP contribution in [0.15, 0.2) is 0 Å². The molecular weight excluding hydrogens is 220 g/mol. The lowest BCUT2D eigenvalue weighted by Crippen LogP contribution is -2.68. The predicted molar refractivity (Wildman–Crippen MR) is 78.9 cm³/mol. The first-order valence-corrected chi connectivity index (χ1v) is 8.04. The van der Waals surface area contributed by atoms with Crippen molar-refractivity contribution in [3.05, 3.63) is 0 Å². The molecule has 2 rings (SSSR count). The molecule has 1 heterocycles. The molecule has 0 aromatic heterocycles. The van der Waals surface area contributed by atoms with Crippen LogP contribution < -0.4 is 5.32 Å². The summed E-state index contributed by atoms with van der Waals surface area (Å²) in [4.78, 5) is 2.82. The highest BCUT2D eigenvalue weighted by Gasteiger charge is 2.49. The van der Waals surface area contributed by atoms with E-state index in [9.17, 15) is 0 Å². The highest BCUT2D eigenvalue weighted by molar-refractivity contribution is 5.07. The zero-order valence-corrected chi connectivity index (χ0v) is 12.9. The first-order chi connectivity index (χ1) is 8.54. The van der Waals surface area contributed by atoms with E-state index in [1.54, 1.807) is 0 Å². The molecule has 1 saturated carbocycles. The van der Waals surface area contributed by atoms with Crippen LogP contribution in [-0.4, -0.2) is 35.6 Å². The number of hydrogen-bond donors (Lipinski definition) is 1. The molecular formula is C16H32N2. The van der Waals surface area contributed by atoms with Gasteiger partial charge in [0.05, 0.1) is 0 Å². The van der Waals surface area contributed by atoms with Gasteiger partial charge in [0.2, 0.25) is 0 Å². The van der Waals surface area contributed by atoms with Gasteiger partial charge in [0.25, 0.3) is 0 Å². The Morgan fingerprint density at radius 3 is 2.44 bits per heavy atom. The van der Waals surface area contributed by atoms with Gasteiger partial charge in [-0.3, -0.25) is 4.90 Å². The summed E-state index contributed by atoms with van der Waals surface area (Å²) < 4.78 is 0. The van der Waals surface area contributed by atoms with Gasteiger partial charge in [0.15, 0.2) is 0 Å². The molecule has 2 heteroatoms. The Kier molecular flexibility index (Phi) is 4.38. The summed E-state index contributed by atoms with van der Waals surface area (Å²) in [5.41, 5.74) is 0.767. The van der Waals surface area contributed by atoms with Gasteiger partial charge in [0.1, 0.15) is 0 Å². The third kappa shape index (κ3) is 2.91. The van der Waals surface area contributed by atoms with Crippen LogP contribution in [0.25, 0.3) is 0 Å².